The molecule has 0 bridgehead atoms. The predicted octanol–water partition coefficient (Wildman–Crippen LogP) is 4.39. The Morgan fingerprint density at radius 1 is 1.07 bits per heavy atom. The third-order valence-corrected chi connectivity index (χ3v) is 4.18. The molecule has 4 aromatic rings. The lowest BCUT2D eigenvalue weighted by molar-refractivity contribution is 0.416. The number of furan rings is 1. The van der Waals surface area contributed by atoms with Crippen LogP contribution in [-0.4, -0.2) is 29.1 Å². The minimum absolute atomic E-state index is 0.522. The molecule has 0 aliphatic heterocycles. The Labute approximate surface area is 156 Å². The van der Waals surface area contributed by atoms with Gasteiger partial charge < -0.3 is 19.8 Å². The molecule has 7 heteroatoms. The topological polar surface area (TPSA) is 85.1 Å². The van der Waals surface area contributed by atoms with Crippen molar-refractivity contribution < 1.29 is 9.15 Å². The number of rotatable bonds is 5. The van der Waals surface area contributed by atoms with Crippen molar-refractivity contribution in [3.63, 3.8) is 0 Å². The maximum atomic E-state index is 5.52. The maximum absolute atomic E-state index is 5.52. The summed E-state index contributed by atoms with van der Waals surface area (Å²) in [5, 5.41) is 7.27. The summed E-state index contributed by atoms with van der Waals surface area (Å²) >= 11 is 0. The summed E-state index contributed by atoms with van der Waals surface area (Å²) in [6, 6.07) is 11.6. The monoisotopic (exact) mass is 361 g/mol. The van der Waals surface area contributed by atoms with Crippen LogP contribution >= 0.6 is 0 Å². The highest BCUT2D eigenvalue weighted by atomic mass is 16.5. The second kappa shape index (κ2) is 6.95. The molecule has 0 amide bonds. The van der Waals surface area contributed by atoms with Crippen LogP contribution in [0.4, 0.5) is 17.5 Å². The fourth-order valence-electron chi connectivity index (χ4n) is 2.88. The van der Waals surface area contributed by atoms with Crippen molar-refractivity contribution in [2.45, 2.75) is 6.92 Å². The number of benzene rings is 1. The van der Waals surface area contributed by atoms with Gasteiger partial charge in [-0.1, -0.05) is 0 Å². The van der Waals surface area contributed by atoms with Crippen molar-refractivity contribution in [3.8, 4) is 17.0 Å². The van der Waals surface area contributed by atoms with Crippen LogP contribution in [-0.2, 0) is 0 Å². The number of anilines is 3. The zero-order valence-corrected chi connectivity index (χ0v) is 15.3. The maximum Gasteiger partial charge on any atom is 0.229 e. The molecule has 0 fully saturated rings. The number of ether oxygens (including phenoxy) is 1. The molecule has 0 radical (unpaired) electrons. The van der Waals surface area contributed by atoms with E-state index in [1.54, 1.807) is 19.6 Å². The number of methoxy groups -OCH3 is 1. The Hall–Kier alpha value is -3.61. The molecule has 0 unspecified atom stereocenters. The number of hydrogen-bond acceptors (Lipinski definition) is 7. The molecule has 0 saturated heterocycles. The van der Waals surface area contributed by atoms with Gasteiger partial charge in [0, 0.05) is 35.4 Å². The number of nitrogens with one attached hydrogen (secondary N) is 2. The molecular weight excluding hydrogens is 342 g/mol. The molecule has 0 atom stereocenters. The van der Waals surface area contributed by atoms with Crippen molar-refractivity contribution in [1.29, 1.82) is 0 Å². The molecular formula is C20H19N5O2. The molecule has 0 spiro atoms. The highest BCUT2D eigenvalue weighted by Crippen LogP contribution is 2.33. The van der Waals surface area contributed by atoms with Crippen LogP contribution in [0, 0.1) is 6.92 Å². The summed E-state index contributed by atoms with van der Waals surface area (Å²) in [5.74, 6) is 2.01. The minimum atomic E-state index is 0.522. The molecule has 7 nitrogen and oxygen atoms in total. The molecule has 0 aliphatic rings. The molecule has 27 heavy (non-hydrogen) atoms. The van der Waals surface area contributed by atoms with Crippen LogP contribution in [0.15, 0.2) is 53.3 Å². The van der Waals surface area contributed by atoms with Crippen LogP contribution < -0.4 is 15.4 Å². The Balaban J connectivity index is 1.73. The van der Waals surface area contributed by atoms with Gasteiger partial charge in [-0.2, -0.15) is 4.98 Å². The zero-order valence-electron chi connectivity index (χ0n) is 15.3. The Kier molecular flexibility index (Phi) is 4.33. The van der Waals surface area contributed by atoms with Gasteiger partial charge in [0.2, 0.25) is 5.95 Å². The normalized spacial score (nSPS) is 10.8. The van der Waals surface area contributed by atoms with Crippen molar-refractivity contribution in [2.75, 3.05) is 24.8 Å². The van der Waals surface area contributed by atoms with Crippen LogP contribution in [0.1, 0.15) is 5.69 Å². The fourth-order valence-corrected chi connectivity index (χ4v) is 2.88. The van der Waals surface area contributed by atoms with E-state index >= 15 is 0 Å². The standard InChI is InChI=1S/C20H19N5O2/c1-12-8-19(21-2)25-20(23-12)24-14-4-5-17(26-3)15(10-14)16-9-13-6-7-27-18(13)11-22-16/h4-11H,1-3H3,(H2,21,23,24,25). The average Bonchev–Trinajstić information content (AvgIpc) is 3.15. The lowest BCUT2D eigenvalue weighted by atomic mass is 10.1. The largest absolute Gasteiger partial charge is 0.496 e. The lowest BCUT2D eigenvalue weighted by Crippen LogP contribution is -2.02. The van der Waals surface area contributed by atoms with Gasteiger partial charge in [0.05, 0.1) is 25.3 Å². The first-order valence-electron chi connectivity index (χ1n) is 8.48. The van der Waals surface area contributed by atoms with Gasteiger partial charge in [0.1, 0.15) is 11.6 Å². The van der Waals surface area contributed by atoms with Crippen LogP contribution in [0.25, 0.3) is 22.2 Å². The number of hydrogen-bond donors (Lipinski definition) is 2. The Morgan fingerprint density at radius 3 is 2.78 bits per heavy atom. The summed E-state index contributed by atoms with van der Waals surface area (Å²) in [6.45, 7) is 1.93. The molecule has 3 heterocycles. The summed E-state index contributed by atoms with van der Waals surface area (Å²) in [4.78, 5) is 13.4. The van der Waals surface area contributed by atoms with E-state index in [1.165, 1.54) is 0 Å². The van der Waals surface area contributed by atoms with Crippen LogP contribution in [0.3, 0.4) is 0 Å². The van der Waals surface area contributed by atoms with E-state index in [0.29, 0.717) is 5.95 Å². The lowest BCUT2D eigenvalue weighted by Gasteiger charge is -2.12. The second-order valence-electron chi connectivity index (χ2n) is 6.04. The molecule has 0 aliphatic carbocycles. The van der Waals surface area contributed by atoms with E-state index < -0.39 is 0 Å². The predicted molar refractivity (Wildman–Crippen MR) is 106 cm³/mol. The number of nitrogens with zero attached hydrogens (tertiary/aromatic N) is 3. The molecule has 0 saturated carbocycles. The van der Waals surface area contributed by atoms with Gasteiger partial charge in [0.25, 0.3) is 0 Å². The highest BCUT2D eigenvalue weighted by Gasteiger charge is 2.11. The van der Waals surface area contributed by atoms with Crippen molar-refractivity contribution in [1.82, 2.24) is 15.0 Å². The van der Waals surface area contributed by atoms with Gasteiger partial charge in [-0.05, 0) is 37.3 Å². The van der Waals surface area contributed by atoms with Crippen LogP contribution in [0.5, 0.6) is 5.75 Å². The first kappa shape index (κ1) is 16.8. The number of fused-ring (bicyclic) bond motifs is 1. The number of aromatic nitrogens is 3. The molecule has 4 rings (SSSR count). The van der Waals surface area contributed by atoms with E-state index in [1.807, 2.05) is 50.4 Å². The van der Waals surface area contributed by atoms with Crippen molar-refractivity contribution in [2.24, 2.45) is 0 Å². The van der Waals surface area contributed by atoms with Crippen LogP contribution in [0.2, 0.25) is 0 Å². The van der Waals surface area contributed by atoms with Gasteiger partial charge >= 0.3 is 0 Å². The molecule has 136 valence electrons. The highest BCUT2D eigenvalue weighted by molar-refractivity contribution is 5.83. The van der Waals surface area contributed by atoms with E-state index in [-0.39, 0.29) is 0 Å². The zero-order chi connectivity index (χ0) is 18.8. The Morgan fingerprint density at radius 2 is 1.96 bits per heavy atom. The molecule has 3 aromatic heterocycles. The number of pyridine rings is 1. The summed E-state index contributed by atoms with van der Waals surface area (Å²) < 4.78 is 10.9. The smallest absolute Gasteiger partial charge is 0.229 e. The van der Waals surface area contributed by atoms with Crippen molar-refractivity contribution >= 4 is 28.4 Å². The Bertz CT molecular complexity index is 1110. The summed E-state index contributed by atoms with van der Waals surface area (Å²) in [7, 11) is 3.47. The van der Waals surface area contributed by atoms with Crippen molar-refractivity contribution in [3.05, 3.63) is 54.6 Å². The first-order chi connectivity index (χ1) is 13.2. The van der Waals surface area contributed by atoms with E-state index in [0.717, 1.165) is 45.2 Å². The third-order valence-electron chi connectivity index (χ3n) is 4.18. The van der Waals surface area contributed by atoms with Gasteiger partial charge in [-0.25, -0.2) is 4.98 Å². The number of aryl methyl sites for hydroxylation is 1. The second-order valence-corrected chi connectivity index (χ2v) is 6.04. The van der Waals surface area contributed by atoms with Gasteiger partial charge in [-0.3, -0.25) is 4.98 Å². The fraction of sp³-hybridized carbons (Fsp3) is 0.150. The van der Waals surface area contributed by atoms with E-state index in [2.05, 4.69) is 25.6 Å². The summed E-state index contributed by atoms with van der Waals surface area (Å²) in [5.41, 5.74) is 4.13. The summed E-state index contributed by atoms with van der Waals surface area (Å²) in [6.07, 6.45) is 3.37. The first-order valence-corrected chi connectivity index (χ1v) is 8.48. The van der Waals surface area contributed by atoms with Gasteiger partial charge in [-0.15, -0.1) is 0 Å². The van der Waals surface area contributed by atoms with Gasteiger partial charge in [0.15, 0.2) is 5.58 Å². The molecule has 1 aromatic carbocycles. The average molecular weight is 361 g/mol. The SMILES string of the molecule is CNc1cc(C)nc(Nc2ccc(OC)c(-c3cc4ccoc4cn3)c2)n1. The van der Waals surface area contributed by atoms with E-state index in [9.17, 15) is 0 Å². The quantitative estimate of drug-likeness (QED) is 0.545. The third kappa shape index (κ3) is 3.39. The molecule has 2 N–H and O–H groups in total. The minimum Gasteiger partial charge on any atom is -0.496 e. The van der Waals surface area contributed by atoms with E-state index in [4.69, 9.17) is 9.15 Å².